The van der Waals surface area contributed by atoms with Crippen molar-refractivity contribution in [3.05, 3.63) is 29.8 Å². The first-order valence-electron chi connectivity index (χ1n) is 8.31. The number of aromatic nitrogens is 2. The maximum atomic E-state index is 12.7. The maximum Gasteiger partial charge on any atom is 0.283 e. The number of aryl methyl sites for hydroxylation is 1. The molecule has 0 aliphatic carbocycles. The van der Waals surface area contributed by atoms with Crippen LogP contribution in [0.25, 0.3) is 0 Å². The number of benzene rings is 1. The summed E-state index contributed by atoms with van der Waals surface area (Å²) in [7, 11) is -3.75. The molecule has 1 aromatic carbocycles. The van der Waals surface area contributed by atoms with Crippen LogP contribution >= 0.6 is 23.1 Å². The Labute approximate surface area is 161 Å². The molecule has 2 N–H and O–H groups in total. The van der Waals surface area contributed by atoms with Gasteiger partial charge in [0, 0.05) is 13.1 Å². The molecular formula is C16H21N5O2S3. The van der Waals surface area contributed by atoms with E-state index in [4.69, 9.17) is 5.73 Å². The van der Waals surface area contributed by atoms with E-state index in [0.29, 0.717) is 21.1 Å². The lowest BCUT2D eigenvalue weighted by atomic mass is 10.1. The zero-order chi connectivity index (χ0) is 18.6. The summed E-state index contributed by atoms with van der Waals surface area (Å²) in [5, 5.41) is 8.17. The number of piperidine rings is 1. The van der Waals surface area contributed by atoms with Crippen molar-refractivity contribution in [2.45, 2.75) is 35.4 Å². The molecule has 140 valence electrons. The molecule has 0 bridgehead atoms. The van der Waals surface area contributed by atoms with Crippen LogP contribution in [-0.4, -0.2) is 48.2 Å². The fourth-order valence-corrected chi connectivity index (χ4v) is 5.37. The average molecular weight is 412 g/mol. The Hall–Kier alpha value is -1.65. The maximum absolute atomic E-state index is 12.7. The number of nitrogens with two attached hydrogens (primary N) is 1. The second-order valence-corrected chi connectivity index (χ2v) is 9.87. The summed E-state index contributed by atoms with van der Waals surface area (Å²) >= 11 is 2.70. The van der Waals surface area contributed by atoms with Gasteiger partial charge in [-0.2, -0.15) is 8.42 Å². The fourth-order valence-electron chi connectivity index (χ4n) is 2.63. The van der Waals surface area contributed by atoms with Crippen LogP contribution in [0.5, 0.6) is 0 Å². The molecule has 2 heterocycles. The number of hydrogen-bond acceptors (Lipinski definition) is 7. The quantitative estimate of drug-likeness (QED) is 0.458. The van der Waals surface area contributed by atoms with Gasteiger partial charge in [0.05, 0.1) is 10.6 Å². The number of amidine groups is 1. The molecule has 0 unspecified atom stereocenters. The van der Waals surface area contributed by atoms with Crippen LogP contribution in [0.4, 0.5) is 5.13 Å². The minimum absolute atomic E-state index is 0.211. The summed E-state index contributed by atoms with van der Waals surface area (Å²) in [4.78, 5) is 2.27. The lowest BCUT2D eigenvalue weighted by Crippen LogP contribution is -2.37. The normalized spacial score (nSPS) is 16.0. The van der Waals surface area contributed by atoms with Gasteiger partial charge in [0.2, 0.25) is 5.13 Å². The van der Waals surface area contributed by atoms with E-state index < -0.39 is 10.0 Å². The van der Waals surface area contributed by atoms with Crippen LogP contribution in [0.3, 0.4) is 0 Å². The molecule has 1 aliphatic rings. The minimum Gasteiger partial charge on any atom is -0.374 e. The van der Waals surface area contributed by atoms with Crippen molar-refractivity contribution in [1.82, 2.24) is 15.1 Å². The first-order chi connectivity index (χ1) is 12.4. The van der Waals surface area contributed by atoms with Gasteiger partial charge in [-0.25, -0.2) is 0 Å². The highest BCUT2D eigenvalue weighted by Gasteiger charge is 2.21. The van der Waals surface area contributed by atoms with Crippen molar-refractivity contribution in [3.8, 4) is 0 Å². The summed E-state index contributed by atoms with van der Waals surface area (Å²) < 4.78 is 30.4. The SMILES string of the molecule is Cc1ccc(S(=O)(=O)N=C(CSc2nnc(N)s2)N2CCCCC2)cc1. The van der Waals surface area contributed by atoms with Crippen molar-refractivity contribution in [2.75, 3.05) is 24.6 Å². The topological polar surface area (TPSA) is 102 Å². The molecule has 1 aliphatic heterocycles. The van der Waals surface area contributed by atoms with E-state index in [1.54, 1.807) is 24.3 Å². The molecule has 0 amide bonds. The minimum atomic E-state index is -3.75. The summed E-state index contributed by atoms with van der Waals surface area (Å²) in [6, 6.07) is 6.75. The van der Waals surface area contributed by atoms with E-state index in [9.17, 15) is 8.42 Å². The number of hydrogen-bond donors (Lipinski definition) is 1. The second kappa shape index (κ2) is 8.36. The Balaban J connectivity index is 1.85. The predicted molar refractivity (Wildman–Crippen MR) is 106 cm³/mol. The highest BCUT2D eigenvalue weighted by Crippen LogP contribution is 2.25. The highest BCUT2D eigenvalue weighted by atomic mass is 32.2. The summed E-state index contributed by atoms with van der Waals surface area (Å²) in [6.07, 6.45) is 3.24. The van der Waals surface area contributed by atoms with Crippen LogP contribution in [0.15, 0.2) is 37.9 Å². The van der Waals surface area contributed by atoms with Gasteiger partial charge < -0.3 is 10.6 Å². The molecule has 0 radical (unpaired) electrons. The zero-order valence-electron chi connectivity index (χ0n) is 14.5. The summed E-state index contributed by atoms with van der Waals surface area (Å²) in [5.41, 5.74) is 6.62. The Bertz CT molecular complexity index is 872. The standard InChI is InChI=1S/C16H21N5O2S3/c1-12-5-7-13(8-6-12)26(22,23)20-14(21-9-3-2-4-10-21)11-24-16-19-18-15(17)25-16/h5-8H,2-4,9-11H2,1H3,(H2,17,18). The van der Waals surface area contributed by atoms with Gasteiger partial charge in [0.25, 0.3) is 10.0 Å². The average Bonchev–Trinajstić information content (AvgIpc) is 3.05. The molecule has 0 saturated carbocycles. The molecule has 1 fully saturated rings. The van der Waals surface area contributed by atoms with Crippen LogP contribution < -0.4 is 5.73 Å². The first-order valence-corrected chi connectivity index (χ1v) is 11.6. The Morgan fingerprint density at radius 3 is 2.54 bits per heavy atom. The van der Waals surface area contributed by atoms with Crippen LogP contribution in [0.2, 0.25) is 0 Å². The van der Waals surface area contributed by atoms with Crippen molar-refractivity contribution in [3.63, 3.8) is 0 Å². The second-order valence-electron chi connectivity index (χ2n) is 6.04. The highest BCUT2D eigenvalue weighted by molar-refractivity contribution is 8.01. The van der Waals surface area contributed by atoms with Gasteiger partial charge in [-0.1, -0.05) is 40.8 Å². The van der Waals surface area contributed by atoms with Gasteiger partial charge in [-0.05, 0) is 38.3 Å². The molecule has 1 aromatic heterocycles. The van der Waals surface area contributed by atoms with Crippen LogP contribution in [-0.2, 0) is 10.0 Å². The number of nitrogen functional groups attached to an aromatic ring is 1. The molecule has 7 nitrogen and oxygen atoms in total. The van der Waals surface area contributed by atoms with Crippen molar-refractivity contribution in [2.24, 2.45) is 4.40 Å². The number of thioether (sulfide) groups is 1. The van der Waals surface area contributed by atoms with Gasteiger partial charge in [-0.3, -0.25) is 0 Å². The number of anilines is 1. The lowest BCUT2D eigenvalue weighted by Gasteiger charge is -2.29. The molecule has 10 heteroatoms. The molecule has 26 heavy (non-hydrogen) atoms. The third-order valence-corrected chi connectivity index (χ3v) is 7.21. The number of rotatable bonds is 5. The van der Waals surface area contributed by atoms with Gasteiger partial charge >= 0.3 is 0 Å². The largest absolute Gasteiger partial charge is 0.374 e. The predicted octanol–water partition coefficient (Wildman–Crippen LogP) is 2.79. The van der Waals surface area contributed by atoms with E-state index in [1.807, 2.05) is 6.92 Å². The van der Waals surface area contributed by atoms with Gasteiger partial charge in [0.15, 0.2) is 4.34 Å². The summed E-state index contributed by atoms with van der Waals surface area (Å²) in [5.74, 6) is 0.976. The van der Waals surface area contributed by atoms with E-state index in [0.717, 1.165) is 37.9 Å². The van der Waals surface area contributed by atoms with Crippen molar-refractivity contribution >= 4 is 44.1 Å². The van der Waals surface area contributed by atoms with E-state index >= 15 is 0 Å². The third-order valence-electron chi connectivity index (χ3n) is 4.01. The smallest absolute Gasteiger partial charge is 0.283 e. The number of likely N-dealkylation sites (tertiary alicyclic amines) is 1. The number of sulfonamides is 1. The molecule has 0 atom stereocenters. The Morgan fingerprint density at radius 2 is 1.92 bits per heavy atom. The molecule has 0 spiro atoms. The zero-order valence-corrected chi connectivity index (χ0v) is 16.9. The molecule has 2 aromatic rings. The van der Waals surface area contributed by atoms with Crippen LogP contribution in [0.1, 0.15) is 24.8 Å². The van der Waals surface area contributed by atoms with Gasteiger partial charge in [0.1, 0.15) is 5.84 Å². The summed E-state index contributed by atoms with van der Waals surface area (Å²) in [6.45, 7) is 3.56. The lowest BCUT2D eigenvalue weighted by molar-refractivity contribution is 0.341. The van der Waals surface area contributed by atoms with E-state index in [1.165, 1.54) is 23.1 Å². The molecular weight excluding hydrogens is 390 g/mol. The van der Waals surface area contributed by atoms with E-state index in [2.05, 4.69) is 19.5 Å². The van der Waals surface area contributed by atoms with Crippen molar-refractivity contribution in [1.29, 1.82) is 0 Å². The monoisotopic (exact) mass is 411 g/mol. The van der Waals surface area contributed by atoms with Crippen LogP contribution in [0, 0.1) is 6.92 Å². The Kier molecular flexibility index (Phi) is 6.15. The first kappa shape index (κ1) is 19.1. The van der Waals surface area contributed by atoms with Crippen molar-refractivity contribution < 1.29 is 8.42 Å². The fraction of sp³-hybridized carbons (Fsp3) is 0.438. The van der Waals surface area contributed by atoms with Gasteiger partial charge in [-0.15, -0.1) is 14.6 Å². The Morgan fingerprint density at radius 1 is 1.23 bits per heavy atom. The molecule has 3 rings (SSSR count). The number of nitrogens with zero attached hydrogens (tertiary/aromatic N) is 4. The van der Waals surface area contributed by atoms with E-state index in [-0.39, 0.29) is 4.90 Å². The third kappa shape index (κ3) is 4.95. The molecule has 1 saturated heterocycles.